The molecule has 43 heavy (non-hydrogen) atoms. The lowest BCUT2D eigenvalue weighted by molar-refractivity contribution is 0.435. The van der Waals surface area contributed by atoms with Gasteiger partial charge in [-0.3, -0.25) is 0 Å². The first kappa shape index (κ1) is 30.5. The molecule has 4 aromatic rings. The third-order valence-corrected chi connectivity index (χ3v) is 9.02. The number of phenols is 4. The molecule has 0 amide bonds. The van der Waals surface area contributed by atoms with Crippen LogP contribution in [0.1, 0.15) is 121 Å². The first-order valence-electron chi connectivity index (χ1n) is 15.3. The largest absolute Gasteiger partial charge is 0.507 e. The van der Waals surface area contributed by atoms with Crippen LogP contribution in [0.4, 0.5) is 0 Å². The molecule has 226 valence electrons. The van der Waals surface area contributed by atoms with Crippen molar-refractivity contribution in [2.24, 2.45) is 0 Å². The fourth-order valence-electron chi connectivity index (χ4n) is 6.61. The minimum absolute atomic E-state index is 0.244. The quantitative estimate of drug-likeness (QED) is 0.168. The van der Waals surface area contributed by atoms with Crippen LogP contribution in [0.3, 0.4) is 0 Å². The van der Waals surface area contributed by atoms with E-state index < -0.39 is 0 Å². The fourth-order valence-corrected chi connectivity index (χ4v) is 6.61. The molecule has 0 spiro atoms. The van der Waals surface area contributed by atoms with Gasteiger partial charge in [-0.1, -0.05) is 97.0 Å². The molecule has 8 bridgehead atoms. The van der Waals surface area contributed by atoms with E-state index in [9.17, 15) is 20.4 Å². The number of benzene rings is 4. The highest BCUT2D eigenvalue weighted by atomic mass is 16.3. The highest BCUT2D eigenvalue weighted by molar-refractivity contribution is 5.57. The van der Waals surface area contributed by atoms with Gasteiger partial charge in [-0.2, -0.15) is 0 Å². The standard InChI is InChI=1S/C39H46O4/c1-21-10-24-12-26-14-28(36(42)32(18-26)38(4,5)6)20-29-15-27(19-33(37(29)43)39(7,8)9)13-25-11-22(2)35(41)31(17-25)23(3)30(16-24)34(21)40/h10-11,14-19,23,40-43H,12-13,20H2,1-9H3. The van der Waals surface area contributed by atoms with E-state index in [1.54, 1.807) is 0 Å². The molecule has 1 aliphatic carbocycles. The Morgan fingerprint density at radius 2 is 0.837 bits per heavy atom. The maximum atomic E-state index is 11.6. The Morgan fingerprint density at radius 3 is 1.19 bits per heavy atom. The molecule has 0 fully saturated rings. The molecule has 4 nitrogen and oxygen atoms in total. The average molecular weight is 579 g/mol. The van der Waals surface area contributed by atoms with E-state index >= 15 is 0 Å². The molecule has 4 heteroatoms. The summed E-state index contributed by atoms with van der Waals surface area (Å²) < 4.78 is 0. The van der Waals surface area contributed by atoms with Crippen molar-refractivity contribution in [3.8, 4) is 23.0 Å². The summed E-state index contributed by atoms with van der Waals surface area (Å²) in [5.74, 6) is 0.800. The van der Waals surface area contributed by atoms with Gasteiger partial charge in [0.1, 0.15) is 23.0 Å². The van der Waals surface area contributed by atoms with Crippen LogP contribution in [0.5, 0.6) is 23.0 Å². The molecule has 0 saturated heterocycles. The van der Waals surface area contributed by atoms with Crippen molar-refractivity contribution in [3.05, 3.63) is 115 Å². The van der Waals surface area contributed by atoms with Gasteiger partial charge in [0.2, 0.25) is 0 Å². The number of hydrogen-bond acceptors (Lipinski definition) is 4. The predicted octanol–water partition coefficient (Wildman–Crippen LogP) is 8.96. The Hall–Kier alpha value is -3.92. The van der Waals surface area contributed by atoms with Crippen molar-refractivity contribution in [1.82, 2.24) is 0 Å². The van der Waals surface area contributed by atoms with E-state index in [0.29, 0.717) is 19.3 Å². The first-order valence-corrected chi connectivity index (χ1v) is 15.3. The third kappa shape index (κ3) is 5.85. The van der Waals surface area contributed by atoms with Gasteiger partial charge in [-0.05, 0) is 93.2 Å². The van der Waals surface area contributed by atoms with Crippen LogP contribution in [0, 0.1) is 13.8 Å². The van der Waals surface area contributed by atoms with Gasteiger partial charge in [0, 0.05) is 23.5 Å². The number of aromatic hydroxyl groups is 4. The molecule has 0 atom stereocenters. The van der Waals surface area contributed by atoms with Gasteiger partial charge in [-0.25, -0.2) is 0 Å². The van der Waals surface area contributed by atoms with Crippen molar-refractivity contribution in [2.45, 2.75) is 98.3 Å². The SMILES string of the molecule is Cc1cc2cc(c1O)C(C)c1cc(cc(C)c1O)Cc1cc(c(O)c(C(C)(C)C)c1)Cc1cc(cc(C(C)(C)C)c1O)C2. The average Bonchev–Trinajstić information content (AvgIpc) is 2.89. The van der Waals surface area contributed by atoms with E-state index in [4.69, 9.17) is 0 Å². The normalized spacial score (nSPS) is 14.2. The summed E-state index contributed by atoms with van der Waals surface area (Å²) in [6, 6.07) is 16.4. The Morgan fingerprint density at radius 1 is 0.488 bits per heavy atom. The van der Waals surface area contributed by atoms with Gasteiger partial charge < -0.3 is 20.4 Å². The van der Waals surface area contributed by atoms with Crippen molar-refractivity contribution in [1.29, 1.82) is 0 Å². The van der Waals surface area contributed by atoms with Crippen LogP contribution >= 0.6 is 0 Å². The second kappa shape index (κ2) is 10.7. The van der Waals surface area contributed by atoms with E-state index in [0.717, 1.165) is 66.8 Å². The summed E-state index contributed by atoms with van der Waals surface area (Å²) in [5, 5.41) is 45.6. The van der Waals surface area contributed by atoms with Gasteiger partial charge in [0.15, 0.2) is 0 Å². The molecule has 5 rings (SSSR count). The molecule has 0 aliphatic heterocycles. The lowest BCUT2D eigenvalue weighted by atomic mass is 9.80. The Labute approximate surface area is 256 Å². The number of fused-ring (bicyclic) bond motifs is 8. The van der Waals surface area contributed by atoms with Crippen LogP contribution in [0.15, 0.2) is 48.5 Å². The van der Waals surface area contributed by atoms with Gasteiger partial charge in [-0.15, -0.1) is 0 Å². The summed E-state index contributed by atoms with van der Waals surface area (Å²) >= 11 is 0. The molecule has 0 heterocycles. The topological polar surface area (TPSA) is 80.9 Å². The molecular weight excluding hydrogens is 532 g/mol. The van der Waals surface area contributed by atoms with Crippen molar-refractivity contribution in [3.63, 3.8) is 0 Å². The molecule has 0 unspecified atom stereocenters. The summed E-state index contributed by atoms with van der Waals surface area (Å²) in [5.41, 5.74) is 10.1. The lowest BCUT2D eigenvalue weighted by Crippen LogP contribution is -2.14. The Bertz CT molecular complexity index is 1600. The molecular formula is C39H46O4. The van der Waals surface area contributed by atoms with Gasteiger partial charge in [0.05, 0.1) is 0 Å². The zero-order valence-electron chi connectivity index (χ0n) is 27.1. The maximum absolute atomic E-state index is 11.6. The maximum Gasteiger partial charge on any atom is 0.122 e. The van der Waals surface area contributed by atoms with Crippen LogP contribution < -0.4 is 0 Å². The minimum atomic E-state index is -0.293. The predicted molar refractivity (Wildman–Crippen MR) is 175 cm³/mol. The molecule has 0 radical (unpaired) electrons. The van der Waals surface area contributed by atoms with Gasteiger partial charge in [0.25, 0.3) is 0 Å². The molecule has 1 aliphatic rings. The number of hydrogen-bond donors (Lipinski definition) is 4. The number of aryl methyl sites for hydroxylation is 2. The molecule has 0 aromatic heterocycles. The monoisotopic (exact) mass is 578 g/mol. The second-order valence-corrected chi connectivity index (χ2v) is 14.8. The highest BCUT2D eigenvalue weighted by Gasteiger charge is 2.26. The van der Waals surface area contributed by atoms with E-state index in [-0.39, 0.29) is 39.7 Å². The summed E-state index contributed by atoms with van der Waals surface area (Å²) in [4.78, 5) is 0. The van der Waals surface area contributed by atoms with Crippen molar-refractivity contribution in [2.75, 3.05) is 0 Å². The smallest absolute Gasteiger partial charge is 0.122 e. The van der Waals surface area contributed by atoms with Crippen LogP contribution in [0.25, 0.3) is 0 Å². The first-order chi connectivity index (χ1) is 19.9. The second-order valence-electron chi connectivity index (χ2n) is 14.8. The van der Waals surface area contributed by atoms with E-state index in [1.807, 2.05) is 45.0 Å². The summed E-state index contributed by atoms with van der Waals surface area (Å²) in [6.45, 7) is 18.5. The zero-order valence-corrected chi connectivity index (χ0v) is 27.1. The number of rotatable bonds is 0. The van der Waals surface area contributed by atoms with Crippen LogP contribution in [-0.4, -0.2) is 20.4 Å². The van der Waals surface area contributed by atoms with Gasteiger partial charge >= 0.3 is 0 Å². The molecule has 4 N–H and O–H groups in total. The van der Waals surface area contributed by atoms with Crippen molar-refractivity contribution >= 4 is 0 Å². The van der Waals surface area contributed by atoms with E-state index in [1.165, 1.54) is 0 Å². The lowest BCUT2D eigenvalue weighted by Gasteiger charge is -2.26. The van der Waals surface area contributed by atoms with E-state index in [2.05, 4.69) is 65.8 Å². The van der Waals surface area contributed by atoms with Crippen LogP contribution in [-0.2, 0) is 30.1 Å². The molecule has 4 aromatic carbocycles. The fraction of sp³-hybridized carbons (Fsp3) is 0.385. The Kier molecular flexibility index (Phi) is 7.57. The van der Waals surface area contributed by atoms with Crippen LogP contribution in [0.2, 0.25) is 0 Å². The van der Waals surface area contributed by atoms with Crippen molar-refractivity contribution < 1.29 is 20.4 Å². The zero-order chi connectivity index (χ0) is 31.6. The molecule has 0 saturated carbocycles. The summed E-state index contributed by atoms with van der Waals surface area (Å²) in [7, 11) is 0. The number of phenolic OH excluding ortho intramolecular Hbond substituents is 4. The highest BCUT2D eigenvalue weighted by Crippen LogP contribution is 2.43. The Balaban J connectivity index is 1.84. The summed E-state index contributed by atoms with van der Waals surface area (Å²) in [6.07, 6.45) is 1.62. The third-order valence-electron chi connectivity index (χ3n) is 9.02. The minimum Gasteiger partial charge on any atom is -0.507 e.